The molecule has 0 saturated heterocycles. The van der Waals surface area contributed by atoms with Crippen molar-refractivity contribution >= 4 is 23.2 Å². The molecule has 110 valence electrons. The Morgan fingerprint density at radius 3 is 2.62 bits per heavy atom. The number of benzene rings is 2. The molecule has 0 heterocycles. The van der Waals surface area contributed by atoms with E-state index in [2.05, 4.69) is 0 Å². The second-order valence-electron chi connectivity index (χ2n) is 5.22. The van der Waals surface area contributed by atoms with Crippen molar-refractivity contribution in [3.05, 3.63) is 64.2 Å². The number of nitrogen functional groups attached to an aromatic ring is 1. The van der Waals surface area contributed by atoms with Gasteiger partial charge in [-0.2, -0.15) is 0 Å². The van der Waals surface area contributed by atoms with E-state index in [1.54, 1.807) is 24.1 Å². The number of hydrogen-bond acceptors (Lipinski definition) is 2. The van der Waals surface area contributed by atoms with Gasteiger partial charge in [-0.1, -0.05) is 29.8 Å². The predicted octanol–water partition coefficient (Wildman–Crippen LogP) is 4.06. The Bertz CT molecular complexity index is 670. The molecule has 0 aliphatic carbocycles. The first-order valence-electron chi connectivity index (χ1n) is 6.79. The maximum atomic E-state index is 12.7. The quantitative estimate of drug-likeness (QED) is 0.869. The van der Waals surface area contributed by atoms with Crippen LogP contribution in [0.4, 0.5) is 5.69 Å². The van der Waals surface area contributed by atoms with E-state index in [1.165, 1.54) is 0 Å². The van der Waals surface area contributed by atoms with Gasteiger partial charge in [0.1, 0.15) is 0 Å². The number of halogens is 1. The van der Waals surface area contributed by atoms with Crippen LogP contribution in [-0.4, -0.2) is 17.9 Å². The fourth-order valence-corrected chi connectivity index (χ4v) is 2.42. The van der Waals surface area contributed by atoms with Crippen LogP contribution in [0.3, 0.4) is 0 Å². The summed E-state index contributed by atoms with van der Waals surface area (Å²) in [6.07, 6.45) is 0. The number of hydrogen-bond donors (Lipinski definition) is 1. The number of carbonyl (C=O) groups excluding carboxylic acids is 1. The summed E-state index contributed by atoms with van der Waals surface area (Å²) in [7, 11) is 1.79. The molecule has 2 aromatic rings. The third kappa shape index (κ3) is 3.37. The van der Waals surface area contributed by atoms with E-state index < -0.39 is 0 Å². The van der Waals surface area contributed by atoms with Gasteiger partial charge in [-0.05, 0) is 49.2 Å². The van der Waals surface area contributed by atoms with Crippen LogP contribution in [0.2, 0.25) is 5.02 Å². The van der Waals surface area contributed by atoms with Gasteiger partial charge in [0.25, 0.3) is 5.91 Å². The Balaban J connectivity index is 2.28. The molecular weight excluding hydrogens is 284 g/mol. The van der Waals surface area contributed by atoms with E-state index in [0.29, 0.717) is 16.3 Å². The van der Waals surface area contributed by atoms with E-state index in [-0.39, 0.29) is 11.9 Å². The normalized spacial score (nSPS) is 12.0. The topological polar surface area (TPSA) is 46.3 Å². The minimum atomic E-state index is -0.0722. The van der Waals surface area contributed by atoms with E-state index >= 15 is 0 Å². The van der Waals surface area contributed by atoms with Crippen LogP contribution < -0.4 is 5.73 Å². The maximum Gasteiger partial charge on any atom is 0.254 e. The highest BCUT2D eigenvalue weighted by molar-refractivity contribution is 6.30. The Labute approximate surface area is 130 Å². The van der Waals surface area contributed by atoms with Gasteiger partial charge < -0.3 is 10.6 Å². The van der Waals surface area contributed by atoms with Gasteiger partial charge in [-0.15, -0.1) is 0 Å². The maximum absolute atomic E-state index is 12.7. The lowest BCUT2D eigenvalue weighted by Crippen LogP contribution is -2.30. The van der Waals surface area contributed by atoms with Crippen LogP contribution in [-0.2, 0) is 0 Å². The number of anilines is 1. The van der Waals surface area contributed by atoms with E-state index in [1.807, 2.05) is 44.2 Å². The van der Waals surface area contributed by atoms with Crippen LogP contribution >= 0.6 is 11.6 Å². The highest BCUT2D eigenvalue weighted by Crippen LogP contribution is 2.24. The van der Waals surface area contributed by atoms with Crippen LogP contribution in [0.5, 0.6) is 0 Å². The lowest BCUT2D eigenvalue weighted by Gasteiger charge is -2.26. The average molecular weight is 303 g/mol. The third-order valence-corrected chi connectivity index (χ3v) is 3.96. The van der Waals surface area contributed by atoms with Crippen molar-refractivity contribution in [3.8, 4) is 0 Å². The first kappa shape index (κ1) is 15.4. The van der Waals surface area contributed by atoms with Gasteiger partial charge in [0.15, 0.2) is 0 Å². The van der Waals surface area contributed by atoms with Gasteiger partial charge in [0.2, 0.25) is 0 Å². The van der Waals surface area contributed by atoms with Crippen molar-refractivity contribution in [1.29, 1.82) is 0 Å². The van der Waals surface area contributed by atoms with Crippen molar-refractivity contribution < 1.29 is 4.79 Å². The van der Waals surface area contributed by atoms with Crippen LogP contribution in [0, 0.1) is 6.92 Å². The SMILES string of the molecule is Cc1ccc(N)cc1C(=O)N(C)C(C)c1cccc(Cl)c1. The first-order valence-corrected chi connectivity index (χ1v) is 7.16. The molecule has 0 aromatic heterocycles. The summed E-state index contributed by atoms with van der Waals surface area (Å²) in [5.74, 6) is -0.0488. The van der Waals surface area contributed by atoms with Crippen molar-refractivity contribution in [2.75, 3.05) is 12.8 Å². The van der Waals surface area contributed by atoms with E-state index in [9.17, 15) is 4.79 Å². The summed E-state index contributed by atoms with van der Waals surface area (Å²) in [6, 6.07) is 12.9. The van der Waals surface area contributed by atoms with Crippen molar-refractivity contribution in [2.24, 2.45) is 0 Å². The molecule has 21 heavy (non-hydrogen) atoms. The number of amides is 1. The highest BCUT2D eigenvalue weighted by atomic mass is 35.5. The standard InChI is InChI=1S/C17H19ClN2O/c1-11-7-8-15(19)10-16(11)17(21)20(3)12(2)13-5-4-6-14(18)9-13/h4-10,12H,19H2,1-3H3. The Kier molecular flexibility index (Phi) is 4.53. The molecule has 0 bridgehead atoms. The molecule has 2 N–H and O–H groups in total. The first-order chi connectivity index (χ1) is 9.90. The van der Waals surface area contributed by atoms with Gasteiger partial charge in [0, 0.05) is 23.3 Å². The molecule has 0 radical (unpaired) electrons. The Morgan fingerprint density at radius 1 is 1.24 bits per heavy atom. The molecule has 1 amide bonds. The van der Waals surface area contributed by atoms with Crippen LogP contribution in [0.1, 0.15) is 34.5 Å². The fourth-order valence-electron chi connectivity index (χ4n) is 2.23. The largest absolute Gasteiger partial charge is 0.399 e. The number of aryl methyl sites for hydroxylation is 1. The molecular formula is C17H19ClN2O. The molecule has 0 spiro atoms. The van der Waals surface area contributed by atoms with Crippen molar-refractivity contribution in [1.82, 2.24) is 4.90 Å². The summed E-state index contributed by atoms with van der Waals surface area (Å²) in [4.78, 5) is 14.4. The van der Waals surface area contributed by atoms with Crippen molar-refractivity contribution in [2.45, 2.75) is 19.9 Å². The fraction of sp³-hybridized carbons (Fsp3) is 0.235. The second-order valence-corrected chi connectivity index (χ2v) is 5.66. The summed E-state index contributed by atoms with van der Waals surface area (Å²) in [6.45, 7) is 3.88. The van der Waals surface area contributed by atoms with Crippen LogP contribution in [0.15, 0.2) is 42.5 Å². The average Bonchev–Trinajstić information content (AvgIpc) is 2.47. The number of nitrogens with two attached hydrogens (primary N) is 1. The van der Waals surface area contributed by atoms with E-state index in [0.717, 1.165) is 11.1 Å². The molecule has 2 rings (SSSR count). The van der Waals surface area contributed by atoms with Gasteiger partial charge in [-0.3, -0.25) is 4.79 Å². The minimum absolute atomic E-state index is 0.0488. The molecule has 0 fully saturated rings. The summed E-state index contributed by atoms with van der Waals surface area (Å²) in [5, 5.41) is 0.667. The smallest absolute Gasteiger partial charge is 0.254 e. The molecule has 1 atom stereocenters. The second kappa shape index (κ2) is 6.19. The molecule has 0 aliphatic heterocycles. The summed E-state index contributed by atoms with van der Waals surface area (Å²) in [5.41, 5.74) is 8.92. The lowest BCUT2D eigenvalue weighted by molar-refractivity contribution is 0.0742. The van der Waals surface area contributed by atoms with E-state index in [4.69, 9.17) is 17.3 Å². The molecule has 2 aromatic carbocycles. The number of rotatable bonds is 3. The van der Waals surface area contributed by atoms with Crippen LogP contribution in [0.25, 0.3) is 0 Å². The summed E-state index contributed by atoms with van der Waals surface area (Å²) < 4.78 is 0. The zero-order valence-electron chi connectivity index (χ0n) is 12.4. The summed E-state index contributed by atoms with van der Waals surface area (Å²) >= 11 is 6.02. The third-order valence-electron chi connectivity index (χ3n) is 3.72. The Hall–Kier alpha value is -2.00. The zero-order chi connectivity index (χ0) is 15.6. The number of carbonyl (C=O) groups is 1. The Morgan fingerprint density at radius 2 is 1.95 bits per heavy atom. The molecule has 4 heteroatoms. The van der Waals surface area contributed by atoms with Gasteiger partial charge in [0.05, 0.1) is 6.04 Å². The molecule has 0 aliphatic rings. The lowest BCUT2D eigenvalue weighted by atomic mass is 10.0. The monoisotopic (exact) mass is 302 g/mol. The molecule has 1 unspecified atom stereocenters. The number of nitrogens with zero attached hydrogens (tertiary/aromatic N) is 1. The highest BCUT2D eigenvalue weighted by Gasteiger charge is 2.20. The minimum Gasteiger partial charge on any atom is -0.399 e. The van der Waals surface area contributed by atoms with Gasteiger partial charge >= 0.3 is 0 Å². The predicted molar refractivity (Wildman–Crippen MR) is 87.6 cm³/mol. The zero-order valence-corrected chi connectivity index (χ0v) is 13.2. The molecule has 0 saturated carbocycles. The van der Waals surface area contributed by atoms with Crippen molar-refractivity contribution in [3.63, 3.8) is 0 Å². The molecule has 3 nitrogen and oxygen atoms in total. The van der Waals surface area contributed by atoms with Gasteiger partial charge in [-0.25, -0.2) is 0 Å².